The zero-order valence-corrected chi connectivity index (χ0v) is 4.28. The molecule has 0 amide bonds. The van der Waals surface area contributed by atoms with Gasteiger partial charge in [0.2, 0.25) is 0 Å². The molecule has 1 aliphatic rings. The molecule has 0 heteroatoms. The van der Waals surface area contributed by atoms with Crippen molar-refractivity contribution in [2.24, 2.45) is 5.92 Å². The van der Waals surface area contributed by atoms with E-state index in [0.29, 0.717) is 0 Å². The monoisotopic (exact) mass is 106 g/mol. The average Bonchev–Trinajstić information content (AvgIpc) is 1.98. The fraction of sp³-hybridized carbons (Fsp3) is 1.00. The molecule has 0 spiro atoms. The normalized spacial score (nSPS) is 78.7. The molecule has 1 unspecified atom stereocenters. The van der Waals surface area contributed by atoms with Gasteiger partial charge in [-0.25, -0.2) is 0 Å². The SMILES string of the molecule is [2H]C1([2H])CC([2H])([2H])C([2H])([2H])C([2H])([2H])C1C. The van der Waals surface area contributed by atoms with E-state index in [-0.39, 0.29) is 0 Å². The van der Waals surface area contributed by atoms with Gasteiger partial charge in [-0.05, 0) is 5.92 Å². The molecule has 0 aromatic rings. The lowest BCUT2D eigenvalue weighted by Gasteiger charge is -2.15. The smallest absolute Gasteiger partial charge is 0.0269 e. The van der Waals surface area contributed by atoms with Gasteiger partial charge in [-0.1, -0.05) is 38.8 Å². The van der Waals surface area contributed by atoms with E-state index in [1.807, 2.05) is 0 Å². The summed E-state index contributed by atoms with van der Waals surface area (Å²) in [5.74, 6) is -1.18. The van der Waals surface area contributed by atoms with Crippen molar-refractivity contribution >= 4 is 0 Å². The van der Waals surface area contributed by atoms with Gasteiger partial charge < -0.3 is 0 Å². The minimum absolute atomic E-state index is 0.617. The topological polar surface area (TPSA) is 0 Å². The molecule has 0 radical (unpaired) electrons. The van der Waals surface area contributed by atoms with Crippen molar-refractivity contribution in [1.82, 2.24) is 0 Å². The molecule has 0 saturated heterocycles. The van der Waals surface area contributed by atoms with E-state index < -0.39 is 37.8 Å². The standard InChI is InChI=1S/C7H14/c1-7-5-3-2-4-6-7/h7H,2-6H2,1H3/i2D2,3D2,5D2,6D2. The number of hydrogen-bond acceptors (Lipinski definition) is 0. The van der Waals surface area contributed by atoms with Crippen LogP contribution in [0, 0.1) is 5.92 Å². The molecule has 0 aromatic heterocycles. The lowest BCUT2D eigenvalue weighted by molar-refractivity contribution is 0.385. The zero-order chi connectivity index (χ0) is 12.3. The van der Waals surface area contributed by atoms with Gasteiger partial charge in [0.15, 0.2) is 0 Å². The first kappa shape index (κ1) is 1.12. The summed E-state index contributed by atoms with van der Waals surface area (Å²) < 4.78 is 60.1. The molecule has 42 valence electrons. The van der Waals surface area contributed by atoms with Crippen LogP contribution in [0.3, 0.4) is 0 Å². The van der Waals surface area contributed by atoms with Crippen LogP contribution >= 0.6 is 0 Å². The van der Waals surface area contributed by atoms with Crippen LogP contribution < -0.4 is 0 Å². The van der Waals surface area contributed by atoms with E-state index in [1.165, 1.54) is 6.92 Å². The summed E-state index contributed by atoms with van der Waals surface area (Å²) >= 11 is 0. The third kappa shape index (κ3) is 1.50. The van der Waals surface area contributed by atoms with Crippen LogP contribution in [0.25, 0.3) is 0 Å². The Balaban J connectivity index is 3.27. The van der Waals surface area contributed by atoms with Gasteiger partial charge in [0.1, 0.15) is 0 Å². The molecule has 0 N–H and O–H groups in total. The van der Waals surface area contributed by atoms with E-state index in [4.69, 9.17) is 11.0 Å². The van der Waals surface area contributed by atoms with Crippen LogP contribution in [-0.2, 0) is 0 Å². The van der Waals surface area contributed by atoms with E-state index >= 15 is 0 Å². The zero-order valence-electron chi connectivity index (χ0n) is 12.3. The van der Waals surface area contributed by atoms with E-state index in [0.717, 1.165) is 0 Å². The van der Waals surface area contributed by atoms with Crippen molar-refractivity contribution < 1.29 is 11.0 Å². The fourth-order valence-corrected chi connectivity index (χ4v) is 0.459. The van der Waals surface area contributed by atoms with Crippen molar-refractivity contribution in [1.29, 1.82) is 0 Å². The van der Waals surface area contributed by atoms with Gasteiger partial charge in [0.05, 0.1) is 0 Å². The van der Waals surface area contributed by atoms with E-state index in [1.54, 1.807) is 0 Å². The summed E-state index contributed by atoms with van der Waals surface area (Å²) in [6, 6.07) is 0. The molecule has 0 aliphatic heterocycles. The Bertz CT molecular complexity index is 268. The Kier molecular flexibility index (Phi) is 0.375. The van der Waals surface area contributed by atoms with Gasteiger partial charge in [-0.2, -0.15) is 0 Å². The summed E-state index contributed by atoms with van der Waals surface area (Å²) in [4.78, 5) is 0. The van der Waals surface area contributed by atoms with E-state index in [2.05, 4.69) is 0 Å². The second-order valence-corrected chi connectivity index (χ2v) is 1.55. The molecule has 0 nitrogen and oxygen atoms in total. The third-order valence-corrected chi connectivity index (χ3v) is 0.874. The average molecular weight is 106 g/mol. The summed E-state index contributed by atoms with van der Waals surface area (Å²) in [5, 5.41) is 0. The first-order chi connectivity index (χ1) is 6.36. The minimum atomic E-state index is -2.68. The molecule has 1 fully saturated rings. The van der Waals surface area contributed by atoms with Crippen LogP contribution in [0.1, 0.15) is 49.8 Å². The van der Waals surface area contributed by atoms with Gasteiger partial charge in [-0.15, -0.1) is 0 Å². The van der Waals surface area contributed by atoms with Crippen molar-refractivity contribution in [2.45, 2.75) is 38.8 Å². The van der Waals surface area contributed by atoms with Gasteiger partial charge >= 0.3 is 0 Å². The Morgan fingerprint density at radius 3 is 3.14 bits per heavy atom. The van der Waals surface area contributed by atoms with Gasteiger partial charge in [-0.3, -0.25) is 0 Å². The van der Waals surface area contributed by atoms with E-state index in [9.17, 15) is 0 Å². The molecular formula is C7H14. The predicted molar refractivity (Wildman–Crippen MR) is 32.2 cm³/mol. The second-order valence-electron chi connectivity index (χ2n) is 1.55. The Hall–Kier alpha value is 0. The van der Waals surface area contributed by atoms with Crippen molar-refractivity contribution in [3.63, 3.8) is 0 Å². The number of rotatable bonds is 0. The van der Waals surface area contributed by atoms with Crippen LogP contribution in [0.4, 0.5) is 0 Å². The van der Waals surface area contributed by atoms with Crippen LogP contribution in [0.5, 0.6) is 0 Å². The summed E-state index contributed by atoms with van der Waals surface area (Å²) in [6.07, 6.45) is -10.3. The minimum Gasteiger partial charge on any atom is -0.0625 e. The van der Waals surface area contributed by atoms with Gasteiger partial charge in [0.25, 0.3) is 0 Å². The molecule has 1 rings (SSSR count). The fourth-order valence-electron chi connectivity index (χ4n) is 0.459. The molecular weight excluding hydrogens is 84.1 g/mol. The lowest BCUT2D eigenvalue weighted by Crippen LogP contribution is -1.99. The molecule has 7 heavy (non-hydrogen) atoms. The molecule has 0 aromatic carbocycles. The van der Waals surface area contributed by atoms with Crippen molar-refractivity contribution in [3.05, 3.63) is 0 Å². The first-order valence-electron chi connectivity index (χ1n) is 6.36. The van der Waals surface area contributed by atoms with Gasteiger partial charge in [0, 0.05) is 11.0 Å². The first-order valence-corrected chi connectivity index (χ1v) is 2.36. The highest BCUT2D eigenvalue weighted by molar-refractivity contribution is 4.59. The molecule has 0 heterocycles. The molecule has 0 bridgehead atoms. The Morgan fingerprint density at radius 2 is 2.29 bits per heavy atom. The summed E-state index contributed by atoms with van der Waals surface area (Å²) in [6.45, 7) is 1.28. The predicted octanol–water partition coefficient (Wildman–Crippen LogP) is 2.59. The summed E-state index contributed by atoms with van der Waals surface area (Å²) in [7, 11) is 0. The van der Waals surface area contributed by atoms with Crippen molar-refractivity contribution in [3.8, 4) is 0 Å². The summed E-state index contributed by atoms with van der Waals surface area (Å²) in [5.41, 5.74) is 0. The van der Waals surface area contributed by atoms with Crippen LogP contribution in [0.15, 0.2) is 0 Å². The number of hydrogen-bond donors (Lipinski definition) is 0. The maximum absolute atomic E-state index is 7.56. The maximum Gasteiger partial charge on any atom is 0.0269 e. The molecule has 1 aliphatic carbocycles. The maximum atomic E-state index is 7.56. The Labute approximate surface area is 57.2 Å². The van der Waals surface area contributed by atoms with Crippen LogP contribution in [-0.4, -0.2) is 0 Å². The lowest BCUT2D eigenvalue weighted by atomic mass is 9.91. The Morgan fingerprint density at radius 1 is 1.43 bits per heavy atom. The molecule has 1 atom stereocenters. The van der Waals surface area contributed by atoms with Crippen LogP contribution in [0.2, 0.25) is 0 Å². The highest BCUT2D eigenvalue weighted by Crippen LogP contribution is 2.21. The highest BCUT2D eigenvalue weighted by atomic mass is 14.1. The van der Waals surface area contributed by atoms with Crippen molar-refractivity contribution in [2.75, 3.05) is 0 Å². The largest absolute Gasteiger partial charge is 0.0625 e. The quantitative estimate of drug-likeness (QED) is 0.445. The molecule has 1 saturated carbocycles. The second kappa shape index (κ2) is 2.34. The third-order valence-electron chi connectivity index (χ3n) is 0.874. The highest BCUT2D eigenvalue weighted by Gasteiger charge is 2.05.